The number of rotatable bonds is 7. The third-order valence-corrected chi connectivity index (χ3v) is 7.25. The first-order valence-electron chi connectivity index (χ1n) is 15.2. The van der Waals surface area contributed by atoms with Crippen LogP contribution in [0.2, 0.25) is 0 Å². The molecule has 0 amide bonds. The molecule has 40 heavy (non-hydrogen) atoms. The zero-order chi connectivity index (χ0) is 30.9. The zero-order valence-electron chi connectivity index (χ0n) is 27.5. The average molecular weight is 555 g/mol. The van der Waals surface area contributed by atoms with Gasteiger partial charge in [-0.05, 0) is 83.1 Å². The summed E-state index contributed by atoms with van der Waals surface area (Å²) in [6.07, 6.45) is 10.6. The number of benzene rings is 2. The molecule has 1 aliphatic heterocycles. The third kappa shape index (κ3) is 15.4. The molecule has 0 radical (unpaired) electrons. The predicted octanol–water partition coefficient (Wildman–Crippen LogP) is 10.2. The summed E-state index contributed by atoms with van der Waals surface area (Å²) in [5.74, 6) is 1.30. The van der Waals surface area contributed by atoms with E-state index in [0.29, 0.717) is 11.8 Å². The molecule has 4 heteroatoms. The first-order valence-corrected chi connectivity index (χ1v) is 15.2. The topological polar surface area (TPSA) is 46.3 Å². The number of Topliss-reactive ketones (excluding diaryl/α,β-unsaturated/α-hetero) is 1. The van der Waals surface area contributed by atoms with Crippen molar-refractivity contribution in [1.29, 1.82) is 0 Å². The lowest BCUT2D eigenvalue weighted by Crippen LogP contribution is -2.37. The van der Waals surface area contributed by atoms with Gasteiger partial charge in [-0.3, -0.25) is 4.79 Å². The van der Waals surface area contributed by atoms with Crippen LogP contribution < -0.4 is 10.6 Å². The Balaban J connectivity index is 0.000000541. The summed E-state index contributed by atoms with van der Waals surface area (Å²) in [4.78, 5) is 13.4. The molecule has 1 fully saturated rings. The summed E-state index contributed by atoms with van der Waals surface area (Å²) < 4.78 is 13.6. The van der Waals surface area contributed by atoms with Crippen molar-refractivity contribution in [3.63, 3.8) is 0 Å². The van der Waals surface area contributed by atoms with Crippen molar-refractivity contribution in [2.24, 2.45) is 17.6 Å². The number of carbonyl (C=O) groups excluding carboxylic acids is 1. The van der Waals surface area contributed by atoms with Gasteiger partial charge in [0, 0.05) is 24.2 Å². The lowest BCUT2D eigenvalue weighted by Gasteiger charge is -2.22. The number of hydrogen-bond donors (Lipinski definition) is 1. The lowest BCUT2D eigenvalue weighted by atomic mass is 9.92. The lowest BCUT2D eigenvalue weighted by molar-refractivity contribution is 0.101. The largest absolute Gasteiger partial charge is 0.369 e. The van der Waals surface area contributed by atoms with Gasteiger partial charge in [0.05, 0.1) is 5.69 Å². The maximum absolute atomic E-state index is 13.6. The number of ketones is 1. The SMILES string of the molecule is C/C=C\c1cc(C)ccc1C(C)=O.CC(C)C(C)(C)N.CCCCCC.Cc1ccc(N2CCC(C)C2)c(F)c1. The van der Waals surface area contributed by atoms with Crippen LogP contribution in [0.25, 0.3) is 6.08 Å². The van der Waals surface area contributed by atoms with E-state index in [1.54, 1.807) is 13.0 Å². The summed E-state index contributed by atoms with van der Waals surface area (Å²) in [6, 6.07) is 11.3. The van der Waals surface area contributed by atoms with E-state index in [0.717, 1.165) is 35.5 Å². The van der Waals surface area contributed by atoms with Crippen molar-refractivity contribution < 1.29 is 9.18 Å². The Hall–Kier alpha value is -2.46. The highest BCUT2D eigenvalue weighted by Crippen LogP contribution is 2.26. The van der Waals surface area contributed by atoms with Gasteiger partial charge >= 0.3 is 0 Å². The molecule has 2 N–H and O–H groups in total. The number of unbranched alkanes of at least 4 members (excludes halogenated alkanes) is 3. The van der Waals surface area contributed by atoms with Gasteiger partial charge < -0.3 is 10.6 Å². The van der Waals surface area contributed by atoms with Crippen LogP contribution in [-0.4, -0.2) is 24.4 Å². The number of carbonyl (C=O) groups is 1. The average Bonchev–Trinajstić information content (AvgIpc) is 3.29. The minimum absolute atomic E-state index is 0. The molecule has 1 heterocycles. The molecule has 1 saturated heterocycles. The van der Waals surface area contributed by atoms with Crippen molar-refractivity contribution in [3.8, 4) is 0 Å². The fraction of sp³-hybridized carbons (Fsp3) is 0.583. The molecule has 3 rings (SSSR count). The van der Waals surface area contributed by atoms with Crippen molar-refractivity contribution in [2.75, 3.05) is 18.0 Å². The van der Waals surface area contributed by atoms with Gasteiger partial charge in [0.1, 0.15) is 5.82 Å². The van der Waals surface area contributed by atoms with Crippen molar-refractivity contribution in [3.05, 3.63) is 70.5 Å². The van der Waals surface area contributed by atoms with E-state index < -0.39 is 0 Å². The maximum atomic E-state index is 13.6. The Morgan fingerprint density at radius 2 is 1.60 bits per heavy atom. The minimum Gasteiger partial charge on any atom is -0.369 e. The molecule has 0 saturated carbocycles. The molecule has 0 spiro atoms. The van der Waals surface area contributed by atoms with Crippen molar-refractivity contribution in [1.82, 2.24) is 0 Å². The van der Waals surface area contributed by atoms with Crippen LogP contribution in [0.1, 0.15) is 121 Å². The van der Waals surface area contributed by atoms with Crippen molar-refractivity contribution >= 4 is 17.5 Å². The first-order chi connectivity index (χ1) is 18.7. The minimum atomic E-state index is -0.0842. The molecule has 0 bridgehead atoms. The molecule has 2 aromatic carbocycles. The number of aryl methyl sites for hydroxylation is 2. The summed E-state index contributed by atoms with van der Waals surface area (Å²) in [5, 5.41) is 0. The molecule has 1 aliphatic rings. The molecule has 0 aliphatic carbocycles. The second-order valence-electron chi connectivity index (χ2n) is 12.1. The maximum Gasteiger partial charge on any atom is 0.160 e. The van der Waals surface area contributed by atoms with Crippen LogP contribution in [0.3, 0.4) is 0 Å². The highest BCUT2D eigenvalue weighted by Gasteiger charge is 2.21. The second-order valence-corrected chi connectivity index (χ2v) is 12.1. The quantitative estimate of drug-likeness (QED) is 0.273. The normalized spacial score (nSPS) is 14.7. The molecular formula is C36H59FN2O. The van der Waals surface area contributed by atoms with Gasteiger partial charge in [-0.2, -0.15) is 0 Å². The predicted molar refractivity (Wildman–Crippen MR) is 176 cm³/mol. The summed E-state index contributed by atoms with van der Waals surface area (Å²) in [7, 11) is 0. The number of nitrogens with two attached hydrogens (primary N) is 1. The molecular weight excluding hydrogens is 495 g/mol. The standard InChI is InChI=1S/C12H16FN.C12H14O.C6H15N.C6H14/c1-9-3-4-12(11(13)7-9)14-6-5-10(2)8-14;1-4-5-11-8-9(2)6-7-12(11)10(3)13;1-5(2)6(3,4)7;1-3-5-6-4-2/h3-4,7,10H,5-6,8H2,1-2H3;4-8H,1-3H3;5H,7H2,1-4H3;3-6H2,1-2H3/b;5-4-;;. The monoisotopic (exact) mass is 554 g/mol. The number of halogens is 1. The van der Waals surface area contributed by atoms with Gasteiger partial charge in [0.2, 0.25) is 0 Å². The van der Waals surface area contributed by atoms with Crippen LogP contribution >= 0.6 is 0 Å². The third-order valence-electron chi connectivity index (χ3n) is 7.25. The molecule has 1 unspecified atom stereocenters. The fourth-order valence-electron chi connectivity index (χ4n) is 3.84. The molecule has 0 aromatic heterocycles. The van der Waals surface area contributed by atoms with Crippen LogP contribution in [-0.2, 0) is 0 Å². The molecule has 226 valence electrons. The van der Waals surface area contributed by atoms with E-state index in [1.165, 1.54) is 37.7 Å². The summed E-state index contributed by atoms with van der Waals surface area (Å²) in [5.41, 5.74) is 10.4. The molecule has 1 atom stereocenters. The molecule has 2 aromatic rings. The van der Waals surface area contributed by atoms with Gasteiger partial charge in [-0.1, -0.05) is 102 Å². The van der Waals surface area contributed by atoms with Crippen LogP contribution in [0.15, 0.2) is 42.5 Å². The highest BCUT2D eigenvalue weighted by atomic mass is 19.1. The summed E-state index contributed by atoms with van der Waals surface area (Å²) >= 11 is 0. The van der Waals surface area contributed by atoms with Crippen LogP contribution in [0, 0.1) is 31.5 Å². The Labute approximate surface area is 246 Å². The summed E-state index contributed by atoms with van der Waals surface area (Å²) in [6.45, 7) is 24.5. The number of allylic oxidation sites excluding steroid dienone is 1. The van der Waals surface area contributed by atoms with Crippen LogP contribution in [0.4, 0.5) is 10.1 Å². The zero-order valence-corrected chi connectivity index (χ0v) is 27.5. The van der Waals surface area contributed by atoms with Crippen molar-refractivity contribution in [2.45, 2.75) is 114 Å². The number of nitrogens with zero attached hydrogens (tertiary/aromatic N) is 1. The van der Waals surface area contributed by atoms with Gasteiger partial charge in [-0.15, -0.1) is 0 Å². The van der Waals surface area contributed by atoms with Gasteiger partial charge in [-0.25, -0.2) is 4.39 Å². The number of hydrogen-bond acceptors (Lipinski definition) is 3. The Morgan fingerprint density at radius 1 is 1.07 bits per heavy atom. The van der Waals surface area contributed by atoms with E-state index >= 15 is 0 Å². The molecule has 3 nitrogen and oxygen atoms in total. The van der Waals surface area contributed by atoms with Gasteiger partial charge in [0.15, 0.2) is 5.78 Å². The van der Waals surface area contributed by atoms with E-state index in [1.807, 2.05) is 77.1 Å². The Kier molecular flexibility index (Phi) is 18.4. The fourth-order valence-corrected chi connectivity index (χ4v) is 3.84. The smallest absolute Gasteiger partial charge is 0.160 e. The van der Waals surface area contributed by atoms with E-state index in [4.69, 9.17) is 5.73 Å². The first kappa shape index (κ1) is 37.5. The van der Waals surface area contributed by atoms with E-state index in [9.17, 15) is 9.18 Å². The van der Waals surface area contributed by atoms with E-state index in [2.05, 4.69) is 39.5 Å². The van der Waals surface area contributed by atoms with E-state index in [-0.39, 0.29) is 17.1 Å². The number of anilines is 1. The van der Waals surface area contributed by atoms with Gasteiger partial charge in [0.25, 0.3) is 0 Å². The Bertz CT molecular complexity index is 1020. The second kappa shape index (κ2) is 19.6. The van der Waals surface area contributed by atoms with Crippen LogP contribution in [0.5, 0.6) is 0 Å². The highest BCUT2D eigenvalue weighted by molar-refractivity contribution is 5.97. The Morgan fingerprint density at radius 3 is 2.00 bits per heavy atom.